The Morgan fingerprint density at radius 1 is 1.22 bits per heavy atom. The second kappa shape index (κ2) is 8.06. The van der Waals surface area contributed by atoms with Gasteiger partial charge in [0.05, 0.1) is 29.5 Å². The number of carbonyl (C=O) groups excluding carboxylic acids is 3. The molecule has 1 atom stereocenters. The molecule has 0 aliphatic carbocycles. The highest BCUT2D eigenvalue weighted by molar-refractivity contribution is 5.95. The van der Waals surface area contributed by atoms with Crippen molar-refractivity contribution in [3.63, 3.8) is 0 Å². The molecule has 0 saturated carbocycles. The van der Waals surface area contributed by atoms with Crippen LogP contribution in [0.15, 0.2) is 29.6 Å². The predicted molar refractivity (Wildman–Crippen MR) is 84.3 cm³/mol. The molecule has 1 aromatic rings. The number of esters is 2. The van der Waals surface area contributed by atoms with E-state index in [1.807, 2.05) is 0 Å². The Hall–Kier alpha value is -3.11. The smallest absolute Gasteiger partial charge is 0.417 e. The Balaban J connectivity index is 2.14. The fraction of sp³-hybridized carbons (Fsp3) is 0.375. The number of pyridine rings is 1. The molecular weight excluding hydrogens is 371 g/mol. The van der Waals surface area contributed by atoms with Crippen LogP contribution in [0.3, 0.4) is 0 Å². The van der Waals surface area contributed by atoms with E-state index in [4.69, 9.17) is 9.47 Å². The third kappa shape index (κ3) is 4.96. The minimum absolute atomic E-state index is 0.0185. The number of aromatic nitrogens is 1. The molecule has 27 heavy (non-hydrogen) atoms. The topological polar surface area (TPSA) is 107 Å². The molecule has 2 heterocycles. The summed E-state index contributed by atoms with van der Waals surface area (Å²) in [4.78, 5) is 39.0. The van der Waals surface area contributed by atoms with Gasteiger partial charge in [0.2, 0.25) is 0 Å². The molecule has 0 aromatic carbocycles. The summed E-state index contributed by atoms with van der Waals surface area (Å²) in [6.45, 7) is 2.76. The maximum Gasteiger partial charge on any atom is 0.417 e. The number of amides is 2. The summed E-state index contributed by atoms with van der Waals surface area (Å²) in [6.07, 6.45) is -4.07. The SMILES string of the molecule is CCOC(=O)C1=C(COC(=O)c2ccc(C(F)(F)F)cn2)NC(=O)N[C@@H]1C. The van der Waals surface area contributed by atoms with E-state index >= 15 is 0 Å². The van der Waals surface area contributed by atoms with Gasteiger partial charge in [-0.2, -0.15) is 13.2 Å². The molecule has 2 rings (SSSR count). The average Bonchev–Trinajstić information content (AvgIpc) is 2.58. The fourth-order valence-corrected chi connectivity index (χ4v) is 2.29. The first-order valence-electron chi connectivity index (χ1n) is 7.81. The fourth-order valence-electron chi connectivity index (χ4n) is 2.29. The van der Waals surface area contributed by atoms with E-state index in [1.54, 1.807) is 13.8 Å². The van der Waals surface area contributed by atoms with E-state index in [2.05, 4.69) is 15.6 Å². The lowest BCUT2D eigenvalue weighted by molar-refractivity contribution is -0.139. The predicted octanol–water partition coefficient (Wildman–Crippen LogP) is 1.78. The number of alkyl halides is 3. The zero-order valence-electron chi connectivity index (χ0n) is 14.3. The van der Waals surface area contributed by atoms with Gasteiger partial charge in [-0.25, -0.2) is 19.4 Å². The van der Waals surface area contributed by atoms with Gasteiger partial charge in [-0.1, -0.05) is 0 Å². The largest absolute Gasteiger partial charge is 0.463 e. The standard InChI is InChI=1S/C16H16F3N3O5/c1-3-26-14(24)12-8(2)21-15(25)22-11(12)7-27-13(23)10-5-4-9(6-20-10)16(17,18)19/h4-6,8H,3,7H2,1-2H3,(H2,21,22,25)/t8-/m1/s1. The zero-order valence-corrected chi connectivity index (χ0v) is 14.3. The van der Waals surface area contributed by atoms with E-state index in [0.717, 1.165) is 6.07 Å². The van der Waals surface area contributed by atoms with Gasteiger partial charge in [0.25, 0.3) is 0 Å². The number of hydrogen-bond acceptors (Lipinski definition) is 6. The lowest BCUT2D eigenvalue weighted by Gasteiger charge is -2.26. The third-order valence-corrected chi connectivity index (χ3v) is 3.51. The van der Waals surface area contributed by atoms with Crippen molar-refractivity contribution in [3.8, 4) is 0 Å². The van der Waals surface area contributed by atoms with Crippen molar-refractivity contribution in [2.24, 2.45) is 0 Å². The first-order valence-corrected chi connectivity index (χ1v) is 7.81. The lowest BCUT2D eigenvalue weighted by Crippen LogP contribution is -2.50. The molecule has 11 heteroatoms. The number of urea groups is 1. The first kappa shape index (κ1) is 20.2. The Morgan fingerprint density at radius 2 is 1.93 bits per heavy atom. The van der Waals surface area contributed by atoms with Gasteiger partial charge in [0.1, 0.15) is 12.3 Å². The number of nitrogens with one attached hydrogen (secondary N) is 2. The molecule has 0 spiro atoms. The molecule has 0 fully saturated rings. The maximum absolute atomic E-state index is 12.5. The van der Waals surface area contributed by atoms with Crippen molar-refractivity contribution in [1.82, 2.24) is 15.6 Å². The number of halogens is 3. The monoisotopic (exact) mass is 387 g/mol. The maximum atomic E-state index is 12.5. The molecule has 2 amide bonds. The Labute approximate surface area is 151 Å². The van der Waals surface area contributed by atoms with Crippen molar-refractivity contribution < 1.29 is 37.0 Å². The van der Waals surface area contributed by atoms with E-state index in [-0.39, 0.29) is 23.6 Å². The lowest BCUT2D eigenvalue weighted by atomic mass is 10.0. The Morgan fingerprint density at radius 3 is 2.48 bits per heavy atom. The molecule has 1 aromatic heterocycles. The summed E-state index contributed by atoms with van der Waals surface area (Å²) in [5, 5.41) is 4.82. The molecule has 0 saturated heterocycles. The molecule has 0 radical (unpaired) electrons. The van der Waals surface area contributed by atoms with E-state index in [9.17, 15) is 27.6 Å². The number of ether oxygens (including phenoxy) is 2. The summed E-state index contributed by atoms with van der Waals surface area (Å²) >= 11 is 0. The van der Waals surface area contributed by atoms with Crippen molar-refractivity contribution in [3.05, 3.63) is 40.9 Å². The second-order valence-electron chi connectivity index (χ2n) is 5.44. The summed E-state index contributed by atoms with van der Waals surface area (Å²) in [6, 6.07) is 0.279. The summed E-state index contributed by atoms with van der Waals surface area (Å²) in [5.41, 5.74) is -1.27. The van der Waals surface area contributed by atoms with Crippen LogP contribution in [0, 0.1) is 0 Å². The highest BCUT2D eigenvalue weighted by atomic mass is 19.4. The van der Waals surface area contributed by atoms with Crippen LogP contribution in [0.1, 0.15) is 29.9 Å². The Bertz CT molecular complexity index is 775. The highest BCUT2D eigenvalue weighted by Gasteiger charge is 2.32. The summed E-state index contributed by atoms with van der Waals surface area (Å²) < 4.78 is 47.4. The minimum atomic E-state index is -4.58. The van der Waals surface area contributed by atoms with Crippen molar-refractivity contribution in [2.45, 2.75) is 26.1 Å². The second-order valence-corrected chi connectivity index (χ2v) is 5.44. The van der Waals surface area contributed by atoms with Crippen LogP contribution in [0.25, 0.3) is 0 Å². The van der Waals surface area contributed by atoms with E-state index in [0.29, 0.717) is 12.3 Å². The van der Waals surface area contributed by atoms with Crippen LogP contribution in [0.5, 0.6) is 0 Å². The van der Waals surface area contributed by atoms with Gasteiger partial charge in [0.15, 0.2) is 0 Å². The highest BCUT2D eigenvalue weighted by Crippen LogP contribution is 2.28. The first-order chi connectivity index (χ1) is 12.6. The summed E-state index contributed by atoms with van der Waals surface area (Å²) in [5.74, 6) is -1.71. The molecule has 8 nitrogen and oxygen atoms in total. The van der Waals surface area contributed by atoms with Crippen LogP contribution in [0.4, 0.5) is 18.0 Å². The zero-order chi connectivity index (χ0) is 20.2. The molecular formula is C16H16F3N3O5. The summed E-state index contributed by atoms with van der Waals surface area (Å²) in [7, 11) is 0. The normalized spacial score (nSPS) is 17.1. The minimum Gasteiger partial charge on any atom is -0.463 e. The molecule has 0 bridgehead atoms. The van der Waals surface area contributed by atoms with Crippen LogP contribution < -0.4 is 10.6 Å². The van der Waals surface area contributed by atoms with Crippen molar-refractivity contribution in [2.75, 3.05) is 13.2 Å². The van der Waals surface area contributed by atoms with Crippen molar-refractivity contribution in [1.29, 1.82) is 0 Å². The van der Waals surface area contributed by atoms with Gasteiger partial charge in [-0.3, -0.25) is 0 Å². The van der Waals surface area contributed by atoms with Crippen LogP contribution >= 0.6 is 0 Å². The molecule has 146 valence electrons. The van der Waals surface area contributed by atoms with Gasteiger partial charge in [-0.05, 0) is 26.0 Å². The van der Waals surface area contributed by atoms with E-state index in [1.165, 1.54) is 0 Å². The number of nitrogens with zero attached hydrogens (tertiary/aromatic N) is 1. The van der Waals surface area contributed by atoms with E-state index < -0.39 is 42.4 Å². The number of carbonyl (C=O) groups is 3. The molecule has 0 unspecified atom stereocenters. The number of hydrogen-bond donors (Lipinski definition) is 2. The van der Waals surface area contributed by atoms with Gasteiger partial charge >= 0.3 is 24.1 Å². The Kier molecular flexibility index (Phi) is 6.03. The number of rotatable bonds is 5. The van der Waals surface area contributed by atoms with Gasteiger partial charge < -0.3 is 20.1 Å². The molecule has 1 aliphatic heterocycles. The molecule has 2 N–H and O–H groups in total. The quantitative estimate of drug-likeness (QED) is 0.746. The van der Waals surface area contributed by atoms with Gasteiger partial charge in [-0.15, -0.1) is 0 Å². The van der Waals surface area contributed by atoms with Gasteiger partial charge in [0, 0.05) is 6.20 Å². The third-order valence-electron chi connectivity index (χ3n) is 3.51. The molecule has 1 aliphatic rings. The van der Waals surface area contributed by atoms with Crippen LogP contribution in [0.2, 0.25) is 0 Å². The van der Waals surface area contributed by atoms with Crippen LogP contribution in [-0.2, 0) is 20.4 Å². The van der Waals surface area contributed by atoms with Crippen molar-refractivity contribution >= 4 is 18.0 Å². The van der Waals surface area contributed by atoms with Crippen LogP contribution in [-0.4, -0.2) is 42.2 Å². The average molecular weight is 387 g/mol.